The molecule has 1 aliphatic rings. The largest absolute Gasteiger partial charge is 0.373 e. The number of nitriles is 1. The lowest BCUT2D eigenvalue weighted by molar-refractivity contribution is -0.114. The fraction of sp³-hybridized carbons (Fsp3) is 0.529. The Bertz CT molecular complexity index is 719. The van der Waals surface area contributed by atoms with Crippen LogP contribution in [0, 0.1) is 17.2 Å². The highest BCUT2D eigenvalue weighted by atomic mass is 16.5. The third kappa shape index (κ3) is 3.93. The van der Waals surface area contributed by atoms with E-state index >= 15 is 0 Å². The fourth-order valence-corrected chi connectivity index (χ4v) is 2.85. The van der Waals surface area contributed by atoms with Gasteiger partial charge < -0.3 is 4.74 Å². The van der Waals surface area contributed by atoms with E-state index in [0.29, 0.717) is 17.6 Å². The zero-order valence-corrected chi connectivity index (χ0v) is 13.7. The van der Waals surface area contributed by atoms with Gasteiger partial charge in [-0.25, -0.2) is 0 Å². The Labute approximate surface area is 136 Å². The van der Waals surface area contributed by atoms with Crippen molar-refractivity contribution in [1.82, 2.24) is 20.0 Å². The van der Waals surface area contributed by atoms with Crippen LogP contribution in [0.3, 0.4) is 0 Å². The van der Waals surface area contributed by atoms with E-state index in [4.69, 9.17) is 10.00 Å². The highest BCUT2D eigenvalue weighted by Crippen LogP contribution is 2.34. The van der Waals surface area contributed by atoms with Crippen molar-refractivity contribution < 1.29 is 4.74 Å². The Kier molecular flexibility index (Phi) is 4.14. The molecule has 0 atom stereocenters. The first kappa shape index (κ1) is 15.6. The molecule has 1 saturated carbocycles. The summed E-state index contributed by atoms with van der Waals surface area (Å²) in [4.78, 5) is 4.06. The normalized spacial score (nSPS) is 20.8. The maximum Gasteiger partial charge on any atom is 0.114 e. The average Bonchev–Trinajstić information content (AvgIpc) is 2.92. The second-order valence-corrected chi connectivity index (χ2v) is 7.09. The minimum atomic E-state index is -0.0746. The van der Waals surface area contributed by atoms with Crippen LogP contribution >= 0.6 is 0 Å². The van der Waals surface area contributed by atoms with Crippen LogP contribution in [-0.4, -0.2) is 31.7 Å². The number of pyridine rings is 1. The van der Waals surface area contributed by atoms with Gasteiger partial charge in [0.1, 0.15) is 11.8 Å². The van der Waals surface area contributed by atoms with E-state index in [2.05, 4.69) is 42.1 Å². The van der Waals surface area contributed by atoms with Crippen molar-refractivity contribution in [3.8, 4) is 17.3 Å². The Morgan fingerprint density at radius 2 is 2.13 bits per heavy atom. The van der Waals surface area contributed by atoms with E-state index in [-0.39, 0.29) is 5.60 Å². The van der Waals surface area contributed by atoms with E-state index < -0.39 is 0 Å². The third-order valence-corrected chi connectivity index (χ3v) is 3.86. The first-order chi connectivity index (χ1) is 10.9. The Hall–Kier alpha value is -2.26. The van der Waals surface area contributed by atoms with E-state index in [0.717, 1.165) is 30.6 Å². The third-order valence-electron chi connectivity index (χ3n) is 3.86. The standard InChI is InChI=1S/C17H21N5O/c1-17(2,3)23-15-5-12(6-15)10-22-11-16(20-21-22)14-4-13(7-18)8-19-9-14/h4,8-9,11-12,15H,5-6,10H2,1-3H3. The molecule has 2 heterocycles. The number of nitrogens with zero attached hydrogens (tertiary/aromatic N) is 5. The van der Waals surface area contributed by atoms with Crippen LogP contribution in [0.1, 0.15) is 39.2 Å². The molecule has 2 aromatic rings. The molecule has 0 spiro atoms. The van der Waals surface area contributed by atoms with Gasteiger partial charge in [0.25, 0.3) is 0 Å². The molecular formula is C17H21N5O. The number of ether oxygens (including phenoxy) is 1. The molecule has 0 radical (unpaired) electrons. The van der Waals surface area contributed by atoms with Crippen molar-refractivity contribution in [2.24, 2.45) is 5.92 Å². The maximum absolute atomic E-state index is 8.93. The van der Waals surface area contributed by atoms with Gasteiger partial charge in [0.2, 0.25) is 0 Å². The molecular weight excluding hydrogens is 290 g/mol. The van der Waals surface area contributed by atoms with Crippen LogP contribution in [0.15, 0.2) is 24.7 Å². The molecule has 1 fully saturated rings. The molecule has 3 rings (SSSR count). The summed E-state index contributed by atoms with van der Waals surface area (Å²) in [5.41, 5.74) is 2.02. The molecule has 0 aromatic carbocycles. The summed E-state index contributed by atoms with van der Waals surface area (Å²) >= 11 is 0. The molecule has 1 aliphatic carbocycles. The van der Waals surface area contributed by atoms with E-state index in [1.807, 2.05) is 10.9 Å². The summed E-state index contributed by atoms with van der Waals surface area (Å²) in [5, 5.41) is 17.3. The predicted octanol–water partition coefficient (Wildman–Crippen LogP) is 2.81. The van der Waals surface area contributed by atoms with E-state index in [1.54, 1.807) is 12.3 Å². The first-order valence-corrected chi connectivity index (χ1v) is 7.86. The Balaban J connectivity index is 1.58. The van der Waals surface area contributed by atoms with Gasteiger partial charge in [-0.1, -0.05) is 5.21 Å². The summed E-state index contributed by atoms with van der Waals surface area (Å²) in [6.07, 6.45) is 7.65. The first-order valence-electron chi connectivity index (χ1n) is 7.86. The predicted molar refractivity (Wildman–Crippen MR) is 85.3 cm³/mol. The number of hydrogen-bond donors (Lipinski definition) is 0. The summed E-state index contributed by atoms with van der Waals surface area (Å²) in [6.45, 7) is 7.12. The quantitative estimate of drug-likeness (QED) is 0.867. The highest BCUT2D eigenvalue weighted by Gasteiger charge is 2.33. The van der Waals surface area contributed by atoms with Gasteiger partial charge in [0.15, 0.2) is 0 Å². The summed E-state index contributed by atoms with van der Waals surface area (Å²) in [7, 11) is 0. The smallest absolute Gasteiger partial charge is 0.114 e. The number of rotatable bonds is 4. The molecule has 120 valence electrons. The minimum Gasteiger partial charge on any atom is -0.373 e. The van der Waals surface area contributed by atoms with Crippen LogP contribution < -0.4 is 0 Å². The average molecular weight is 311 g/mol. The van der Waals surface area contributed by atoms with Gasteiger partial charge in [-0.05, 0) is 45.6 Å². The van der Waals surface area contributed by atoms with Gasteiger partial charge in [-0.15, -0.1) is 5.10 Å². The van der Waals surface area contributed by atoms with Gasteiger partial charge >= 0.3 is 0 Å². The number of hydrogen-bond acceptors (Lipinski definition) is 5. The molecule has 0 bridgehead atoms. The summed E-state index contributed by atoms with van der Waals surface area (Å²) in [5.74, 6) is 0.584. The highest BCUT2D eigenvalue weighted by molar-refractivity contribution is 5.58. The van der Waals surface area contributed by atoms with Crippen LogP contribution in [-0.2, 0) is 11.3 Å². The summed E-state index contributed by atoms with van der Waals surface area (Å²) in [6, 6.07) is 3.86. The second kappa shape index (κ2) is 6.09. The lowest BCUT2D eigenvalue weighted by Crippen LogP contribution is -2.39. The van der Waals surface area contributed by atoms with Crippen molar-refractivity contribution in [2.45, 2.75) is 51.9 Å². The van der Waals surface area contributed by atoms with Gasteiger partial charge in [0.05, 0.1) is 23.5 Å². The summed E-state index contributed by atoms with van der Waals surface area (Å²) < 4.78 is 7.82. The van der Waals surface area contributed by atoms with Crippen molar-refractivity contribution in [3.05, 3.63) is 30.2 Å². The van der Waals surface area contributed by atoms with Crippen LogP contribution in [0.2, 0.25) is 0 Å². The zero-order valence-electron chi connectivity index (χ0n) is 13.7. The molecule has 0 unspecified atom stereocenters. The van der Waals surface area contributed by atoms with E-state index in [1.165, 1.54) is 6.20 Å². The lowest BCUT2D eigenvalue weighted by Gasteiger charge is -2.39. The van der Waals surface area contributed by atoms with Crippen molar-refractivity contribution in [2.75, 3.05) is 0 Å². The molecule has 0 amide bonds. The zero-order chi connectivity index (χ0) is 16.4. The molecule has 23 heavy (non-hydrogen) atoms. The van der Waals surface area contributed by atoms with Gasteiger partial charge in [-0.2, -0.15) is 5.26 Å². The van der Waals surface area contributed by atoms with Crippen molar-refractivity contribution in [1.29, 1.82) is 5.26 Å². The molecule has 0 aliphatic heterocycles. The van der Waals surface area contributed by atoms with Gasteiger partial charge in [0, 0.05) is 24.5 Å². The van der Waals surface area contributed by atoms with Crippen LogP contribution in [0.4, 0.5) is 0 Å². The SMILES string of the molecule is CC(C)(C)OC1CC(Cn2cc(-c3cncc(C#N)c3)nn2)C1. The Morgan fingerprint density at radius 1 is 1.35 bits per heavy atom. The molecule has 0 N–H and O–H groups in total. The monoisotopic (exact) mass is 311 g/mol. The minimum absolute atomic E-state index is 0.0746. The molecule has 2 aromatic heterocycles. The van der Waals surface area contributed by atoms with Crippen LogP contribution in [0.25, 0.3) is 11.3 Å². The maximum atomic E-state index is 8.93. The topological polar surface area (TPSA) is 76.6 Å². The molecule has 0 saturated heterocycles. The van der Waals surface area contributed by atoms with Gasteiger partial charge in [-0.3, -0.25) is 9.67 Å². The van der Waals surface area contributed by atoms with E-state index in [9.17, 15) is 0 Å². The number of aromatic nitrogens is 4. The second-order valence-electron chi connectivity index (χ2n) is 7.09. The van der Waals surface area contributed by atoms with Crippen molar-refractivity contribution >= 4 is 0 Å². The molecule has 6 nitrogen and oxygen atoms in total. The Morgan fingerprint density at radius 3 is 2.83 bits per heavy atom. The fourth-order valence-electron chi connectivity index (χ4n) is 2.85. The lowest BCUT2D eigenvalue weighted by atomic mass is 9.82. The van der Waals surface area contributed by atoms with Crippen LogP contribution in [0.5, 0.6) is 0 Å². The molecule has 6 heteroatoms. The van der Waals surface area contributed by atoms with Crippen molar-refractivity contribution in [3.63, 3.8) is 0 Å².